The first-order chi connectivity index (χ1) is 9.65. The number of amides is 1. The lowest BCUT2D eigenvalue weighted by Crippen LogP contribution is -3.15. The second-order valence-corrected chi connectivity index (χ2v) is 4.27. The predicted molar refractivity (Wildman–Crippen MR) is 67.5 cm³/mol. The van der Waals surface area contributed by atoms with E-state index in [0.717, 1.165) is 18.0 Å². The number of nitrogens with zero attached hydrogens (tertiary/aromatic N) is 2. The maximum atomic E-state index is 11.6. The third-order valence-electron chi connectivity index (χ3n) is 2.78. The number of rotatable bonds is 5. The molecule has 1 aliphatic rings. The monoisotopic (exact) mass is 318 g/mol. The van der Waals surface area contributed by atoms with Crippen LogP contribution in [0.4, 0.5) is 5.88 Å². The van der Waals surface area contributed by atoms with E-state index in [1.807, 2.05) is 0 Å². The number of carbonyl (C=O) groups is 1. The first kappa shape index (κ1) is 17.1. The van der Waals surface area contributed by atoms with Gasteiger partial charge in [0.25, 0.3) is 5.91 Å². The summed E-state index contributed by atoms with van der Waals surface area (Å²) in [6, 6.07) is 2.63. The largest absolute Gasteiger partial charge is 1.00 e. The number of quaternary nitrogens is 1. The topological polar surface area (TPSA) is 111 Å². The van der Waals surface area contributed by atoms with Gasteiger partial charge in [-0.15, -0.1) is 0 Å². The van der Waals surface area contributed by atoms with Crippen LogP contribution in [0.25, 0.3) is 0 Å². The smallest absolute Gasteiger partial charge is 0.433 e. The number of hydrazone groups is 1. The highest BCUT2D eigenvalue weighted by molar-refractivity contribution is 5.80. The highest BCUT2D eigenvalue weighted by Gasteiger charge is 2.17. The van der Waals surface area contributed by atoms with Gasteiger partial charge in [0, 0.05) is 0 Å². The van der Waals surface area contributed by atoms with Crippen molar-refractivity contribution in [3.8, 4) is 0 Å². The number of nitro groups is 1. The van der Waals surface area contributed by atoms with Crippen molar-refractivity contribution >= 4 is 18.0 Å². The number of hydrogen-bond acceptors (Lipinski definition) is 6. The van der Waals surface area contributed by atoms with Crippen molar-refractivity contribution in [2.45, 2.75) is 0 Å². The molecule has 21 heavy (non-hydrogen) atoms. The van der Waals surface area contributed by atoms with Crippen LogP contribution in [-0.4, -0.2) is 49.9 Å². The molecule has 1 saturated heterocycles. The predicted octanol–water partition coefficient (Wildman–Crippen LogP) is -4.44. The molecule has 0 atom stereocenters. The van der Waals surface area contributed by atoms with Gasteiger partial charge in [-0.3, -0.25) is 14.9 Å². The maximum absolute atomic E-state index is 11.6. The van der Waals surface area contributed by atoms with Gasteiger partial charge in [0.1, 0.15) is 18.0 Å². The molecule has 2 heterocycles. The standard InChI is InChI=1S/C11H14N4O5.ClH/c16-10(8-14-3-5-19-6-4-14)13-12-7-9-1-2-11(20-9)15(17)18;/h1-2,7H,3-6,8H2,(H,13,16);1H/b12-7+;. The Labute approximate surface area is 126 Å². The Balaban J connectivity index is 0.00000220. The molecule has 1 aromatic heterocycles. The number of furan rings is 1. The Bertz CT molecular complexity index is 512. The van der Waals surface area contributed by atoms with Crippen molar-refractivity contribution in [2.24, 2.45) is 5.10 Å². The van der Waals surface area contributed by atoms with Crippen LogP contribution < -0.4 is 22.7 Å². The van der Waals surface area contributed by atoms with E-state index in [0.29, 0.717) is 19.8 Å². The molecule has 9 nitrogen and oxygen atoms in total. The SMILES string of the molecule is O=C(C[NH+]1CCOCC1)N/N=C/c1ccc([N+](=O)[O-])o1.[Cl-]. The van der Waals surface area contributed by atoms with Crippen LogP contribution in [0.2, 0.25) is 0 Å². The Morgan fingerprint density at radius 3 is 2.81 bits per heavy atom. The lowest BCUT2D eigenvalue weighted by atomic mass is 10.4. The summed E-state index contributed by atoms with van der Waals surface area (Å²) in [6.45, 7) is 3.21. The summed E-state index contributed by atoms with van der Waals surface area (Å²) in [5.41, 5.74) is 2.36. The van der Waals surface area contributed by atoms with E-state index in [4.69, 9.17) is 9.15 Å². The molecule has 10 heteroatoms. The molecule has 1 amide bonds. The highest BCUT2D eigenvalue weighted by Crippen LogP contribution is 2.13. The average molecular weight is 319 g/mol. The molecule has 2 N–H and O–H groups in total. The van der Waals surface area contributed by atoms with E-state index in [1.54, 1.807) is 0 Å². The van der Waals surface area contributed by atoms with Crippen molar-refractivity contribution in [3.63, 3.8) is 0 Å². The summed E-state index contributed by atoms with van der Waals surface area (Å²) in [4.78, 5) is 22.5. The Morgan fingerprint density at radius 1 is 1.48 bits per heavy atom. The fourth-order valence-corrected chi connectivity index (χ4v) is 1.78. The first-order valence-corrected chi connectivity index (χ1v) is 6.12. The number of morpholine rings is 1. The van der Waals surface area contributed by atoms with E-state index in [-0.39, 0.29) is 30.0 Å². The molecule has 0 aliphatic carbocycles. The van der Waals surface area contributed by atoms with Gasteiger partial charge in [-0.1, -0.05) is 0 Å². The lowest BCUT2D eigenvalue weighted by molar-refractivity contribution is -0.900. The van der Waals surface area contributed by atoms with Gasteiger partial charge in [-0.25, -0.2) is 5.43 Å². The van der Waals surface area contributed by atoms with Gasteiger partial charge in [0.2, 0.25) is 0 Å². The Kier molecular flexibility index (Phi) is 6.79. The van der Waals surface area contributed by atoms with Gasteiger partial charge in [0.15, 0.2) is 12.3 Å². The summed E-state index contributed by atoms with van der Waals surface area (Å²) in [5, 5.41) is 14.1. The molecule has 0 bridgehead atoms. The molecular weight excluding hydrogens is 304 g/mol. The van der Waals surface area contributed by atoms with Crippen LogP contribution in [0.15, 0.2) is 21.7 Å². The zero-order valence-corrected chi connectivity index (χ0v) is 11.8. The third kappa shape index (κ3) is 5.50. The molecule has 0 spiro atoms. The minimum Gasteiger partial charge on any atom is -1.00 e. The lowest BCUT2D eigenvalue weighted by Gasteiger charge is -2.22. The second kappa shape index (κ2) is 8.35. The van der Waals surface area contributed by atoms with Crippen molar-refractivity contribution < 1.29 is 36.2 Å². The highest BCUT2D eigenvalue weighted by atomic mass is 35.5. The van der Waals surface area contributed by atoms with Gasteiger partial charge in [-0.2, -0.15) is 5.10 Å². The van der Waals surface area contributed by atoms with Crippen LogP contribution in [0.3, 0.4) is 0 Å². The zero-order valence-electron chi connectivity index (χ0n) is 11.1. The third-order valence-corrected chi connectivity index (χ3v) is 2.78. The molecule has 1 aromatic rings. The zero-order chi connectivity index (χ0) is 14.4. The molecule has 116 valence electrons. The van der Waals surface area contributed by atoms with Crippen molar-refractivity contribution in [1.29, 1.82) is 0 Å². The van der Waals surface area contributed by atoms with Gasteiger partial charge >= 0.3 is 5.88 Å². The fraction of sp³-hybridized carbons (Fsp3) is 0.455. The fourth-order valence-electron chi connectivity index (χ4n) is 1.78. The molecule has 1 aliphatic heterocycles. The molecule has 2 rings (SSSR count). The van der Waals surface area contributed by atoms with Gasteiger partial charge in [-0.05, 0) is 6.07 Å². The molecule has 0 radical (unpaired) electrons. The van der Waals surface area contributed by atoms with E-state index < -0.39 is 4.92 Å². The summed E-state index contributed by atoms with van der Waals surface area (Å²) in [7, 11) is 0. The van der Waals surface area contributed by atoms with Crippen LogP contribution in [0.1, 0.15) is 5.76 Å². The molecule has 0 aromatic carbocycles. The number of carbonyl (C=O) groups excluding carboxylic acids is 1. The van der Waals surface area contributed by atoms with Crippen LogP contribution in [0, 0.1) is 10.1 Å². The van der Waals surface area contributed by atoms with E-state index in [1.165, 1.54) is 18.3 Å². The van der Waals surface area contributed by atoms with Crippen LogP contribution >= 0.6 is 0 Å². The number of halogens is 1. The first-order valence-electron chi connectivity index (χ1n) is 6.12. The Hall–Kier alpha value is -1.97. The van der Waals surface area contributed by atoms with Crippen molar-refractivity contribution in [2.75, 3.05) is 32.8 Å². The summed E-state index contributed by atoms with van der Waals surface area (Å²) < 4.78 is 10.0. The molecule has 0 saturated carbocycles. The maximum Gasteiger partial charge on any atom is 0.433 e. The minimum absolute atomic E-state index is 0. The minimum atomic E-state index is -0.641. The van der Waals surface area contributed by atoms with E-state index in [2.05, 4.69) is 10.5 Å². The van der Waals surface area contributed by atoms with Crippen molar-refractivity contribution in [1.82, 2.24) is 5.43 Å². The normalized spacial score (nSPS) is 15.6. The summed E-state index contributed by atoms with van der Waals surface area (Å²) in [5.74, 6) is -0.384. The van der Waals surface area contributed by atoms with E-state index >= 15 is 0 Å². The molecule has 0 unspecified atom stereocenters. The van der Waals surface area contributed by atoms with Gasteiger partial charge in [0.05, 0.1) is 25.5 Å². The summed E-state index contributed by atoms with van der Waals surface area (Å²) in [6.07, 6.45) is 1.22. The Morgan fingerprint density at radius 2 is 2.19 bits per heavy atom. The number of ether oxygens (including phenoxy) is 1. The van der Waals surface area contributed by atoms with E-state index in [9.17, 15) is 14.9 Å². The molecular formula is C11H15ClN4O5. The number of hydrogen-bond donors (Lipinski definition) is 2. The van der Waals surface area contributed by atoms with Crippen LogP contribution in [-0.2, 0) is 9.53 Å². The second-order valence-electron chi connectivity index (χ2n) is 4.27. The number of nitrogens with one attached hydrogen (secondary N) is 2. The molecule has 1 fully saturated rings. The van der Waals surface area contributed by atoms with Crippen LogP contribution in [0.5, 0.6) is 0 Å². The quantitative estimate of drug-likeness (QED) is 0.323. The average Bonchev–Trinajstić information content (AvgIpc) is 2.89. The summed E-state index contributed by atoms with van der Waals surface area (Å²) >= 11 is 0. The van der Waals surface area contributed by atoms with Crippen molar-refractivity contribution in [3.05, 3.63) is 28.0 Å². The van der Waals surface area contributed by atoms with Gasteiger partial charge < -0.3 is 26.5 Å².